The van der Waals surface area contributed by atoms with Crippen molar-refractivity contribution < 1.29 is 9.32 Å². The molecule has 0 radical (unpaired) electrons. The number of hydrogen-bond acceptors (Lipinski definition) is 5. The topological polar surface area (TPSA) is 62.5 Å². The predicted octanol–water partition coefficient (Wildman–Crippen LogP) is 4.48. The summed E-state index contributed by atoms with van der Waals surface area (Å²) in [4.78, 5) is 21.7. The summed E-state index contributed by atoms with van der Waals surface area (Å²) in [6, 6.07) is 8.91. The van der Waals surface area contributed by atoms with Gasteiger partial charge in [-0.25, -0.2) is 0 Å². The van der Waals surface area contributed by atoms with E-state index in [9.17, 15) is 4.79 Å². The fraction of sp³-hybridized carbons (Fsp3) is 0.609. The highest BCUT2D eigenvalue weighted by molar-refractivity contribution is 5.79. The van der Waals surface area contributed by atoms with E-state index in [2.05, 4.69) is 58.1 Å². The first kappa shape index (κ1) is 19.9. The Balaban J connectivity index is 1.35. The quantitative estimate of drug-likeness (QED) is 0.762. The van der Waals surface area contributed by atoms with Gasteiger partial charge in [0.15, 0.2) is 0 Å². The third-order valence-corrected chi connectivity index (χ3v) is 6.28. The Morgan fingerprint density at radius 3 is 2.28 bits per heavy atom. The molecule has 6 nitrogen and oxygen atoms in total. The van der Waals surface area contributed by atoms with Crippen molar-refractivity contribution in [1.29, 1.82) is 0 Å². The molecular formula is C23H32N4O2. The van der Waals surface area contributed by atoms with Crippen molar-refractivity contribution >= 4 is 11.9 Å². The maximum absolute atomic E-state index is 12.9. The van der Waals surface area contributed by atoms with E-state index in [4.69, 9.17) is 4.52 Å². The van der Waals surface area contributed by atoms with Crippen LogP contribution < -0.4 is 4.90 Å². The van der Waals surface area contributed by atoms with Crippen LogP contribution in [-0.2, 0) is 4.79 Å². The van der Waals surface area contributed by atoms with Crippen LogP contribution >= 0.6 is 0 Å². The molecule has 6 heteroatoms. The van der Waals surface area contributed by atoms with Crippen LogP contribution in [-0.4, -0.2) is 47.1 Å². The Morgan fingerprint density at radius 1 is 1.00 bits per heavy atom. The van der Waals surface area contributed by atoms with E-state index in [0.29, 0.717) is 23.7 Å². The lowest BCUT2D eigenvalue weighted by molar-refractivity contribution is -0.136. The highest BCUT2D eigenvalue weighted by atomic mass is 16.5. The van der Waals surface area contributed by atoms with E-state index < -0.39 is 0 Å². The smallest absolute Gasteiger partial charge is 0.324 e. The zero-order valence-electron chi connectivity index (χ0n) is 17.6. The molecule has 1 amide bonds. The van der Waals surface area contributed by atoms with E-state index in [0.717, 1.165) is 57.4 Å². The Kier molecular flexibility index (Phi) is 6.16. The monoisotopic (exact) mass is 396 g/mol. The molecule has 2 saturated heterocycles. The zero-order valence-corrected chi connectivity index (χ0v) is 17.6. The predicted molar refractivity (Wildman–Crippen MR) is 114 cm³/mol. The summed E-state index contributed by atoms with van der Waals surface area (Å²) in [6.07, 6.45) is 6.51. The normalized spacial score (nSPS) is 18.9. The van der Waals surface area contributed by atoms with Crippen molar-refractivity contribution in [3.63, 3.8) is 0 Å². The van der Waals surface area contributed by atoms with Crippen LogP contribution in [0.2, 0.25) is 0 Å². The van der Waals surface area contributed by atoms with E-state index in [1.54, 1.807) is 0 Å². The van der Waals surface area contributed by atoms with Crippen LogP contribution in [0, 0.1) is 5.92 Å². The van der Waals surface area contributed by atoms with Crippen LogP contribution in [0.25, 0.3) is 11.4 Å². The molecule has 4 rings (SSSR count). The number of benzene rings is 1. The molecule has 2 fully saturated rings. The number of piperidine rings is 1. The summed E-state index contributed by atoms with van der Waals surface area (Å²) in [6.45, 7) is 7.81. The van der Waals surface area contributed by atoms with Crippen molar-refractivity contribution in [2.45, 2.75) is 58.3 Å². The number of hydrogen-bond donors (Lipinski definition) is 0. The van der Waals surface area contributed by atoms with Gasteiger partial charge in [-0.3, -0.25) is 4.79 Å². The molecule has 2 aliphatic heterocycles. The molecule has 0 atom stereocenters. The van der Waals surface area contributed by atoms with Gasteiger partial charge in [0, 0.05) is 37.7 Å². The molecule has 0 saturated carbocycles. The van der Waals surface area contributed by atoms with Crippen molar-refractivity contribution in [2.75, 3.05) is 31.1 Å². The fourth-order valence-corrected chi connectivity index (χ4v) is 4.35. The van der Waals surface area contributed by atoms with Crippen molar-refractivity contribution in [3.8, 4) is 11.4 Å². The first-order valence-electron chi connectivity index (χ1n) is 11.1. The molecule has 0 N–H and O–H groups in total. The van der Waals surface area contributed by atoms with Crippen LogP contribution in [0.5, 0.6) is 0 Å². The van der Waals surface area contributed by atoms with Gasteiger partial charge in [0.05, 0.1) is 0 Å². The highest BCUT2D eigenvalue weighted by Crippen LogP contribution is 2.27. The third kappa shape index (κ3) is 4.62. The number of carbonyl (C=O) groups is 1. The Hall–Kier alpha value is -2.37. The molecule has 0 bridgehead atoms. The second-order valence-corrected chi connectivity index (χ2v) is 8.68. The molecule has 1 aromatic carbocycles. The van der Waals surface area contributed by atoms with Gasteiger partial charge in [-0.05, 0) is 37.2 Å². The van der Waals surface area contributed by atoms with Gasteiger partial charge in [0.1, 0.15) is 0 Å². The molecule has 2 aromatic rings. The fourth-order valence-electron chi connectivity index (χ4n) is 4.35. The van der Waals surface area contributed by atoms with E-state index in [1.165, 1.54) is 18.4 Å². The first-order valence-corrected chi connectivity index (χ1v) is 11.1. The van der Waals surface area contributed by atoms with Crippen molar-refractivity contribution in [1.82, 2.24) is 15.0 Å². The van der Waals surface area contributed by atoms with Gasteiger partial charge in [-0.1, -0.05) is 56.1 Å². The average molecular weight is 397 g/mol. The molecular weight excluding hydrogens is 364 g/mol. The van der Waals surface area contributed by atoms with E-state index >= 15 is 0 Å². The minimum atomic E-state index is 0.135. The maximum Gasteiger partial charge on any atom is 0.324 e. The van der Waals surface area contributed by atoms with E-state index in [1.807, 2.05) is 0 Å². The third-order valence-electron chi connectivity index (χ3n) is 6.28. The van der Waals surface area contributed by atoms with Gasteiger partial charge in [0.2, 0.25) is 11.7 Å². The van der Waals surface area contributed by atoms with Crippen LogP contribution in [0.3, 0.4) is 0 Å². The molecule has 0 aliphatic carbocycles. The second kappa shape index (κ2) is 8.97. The van der Waals surface area contributed by atoms with Crippen LogP contribution in [0.1, 0.15) is 63.9 Å². The first-order chi connectivity index (χ1) is 14.1. The summed E-state index contributed by atoms with van der Waals surface area (Å²) >= 11 is 0. The lowest BCUT2D eigenvalue weighted by Gasteiger charge is -2.33. The van der Waals surface area contributed by atoms with E-state index in [-0.39, 0.29) is 5.92 Å². The average Bonchev–Trinajstić information content (AvgIpc) is 3.09. The highest BCUT2D eigenvalue weighted by Gasteiger charge is 2.30. The lowest BCUT2D eigenvalue weighted by Crippen LogP contribution is -2.43. The van der Waals surface area contributed by atoms with Crippen LogP contribution in [0.4, 0.5) is 6.01 Å². The molecule has 0 spiro atoms. The Labute approximate surface area is 173 Å². The molecule has 156 valence electrons. The molecule has 0 unspecified atom stereocenters. The number of carbonyl (C=O) groups excluding carboxylic acids is 1. The summed E-state index contributed by atoms with van der Waals surface area (Å²) in [5.41, 5.74) is 2.27. The molecule has 2 aliphatic rings. The minimum Gasteiger partial charge on any atom is -0.342 e. The minimum absolute atomic E-state index is 0.135. The standard InChI is InChI=1S/C23H32N4O2/c1-17(2)18-7-9-19(10-8-18)21-24-23(29-25-21)27-15-11-20(12-16-27)22(28)26-13-5-3-4-6-14-26/h7-10,17,20H,3-6,11-16H2,1-2H3. The number of nitrogens with zero attached hydrogens (tertiary/aromatic N) is 4. The van der Waals surface area contributed by atoms with Crippen LogP contribution in [0.15, 0.2) is 28.8 Å². The zero-order chi connectivity index (χ0) is 20.2. The van der Waals surface area contributed by atoms with Crippen molar-refractivity contribution in [2.24, 2.45) is 5.92 Å². The van der Waals surface area contributed by atoms with Gasteiger partial charge < -0.3 is 14.3 Å². The van der Waals surface area contributed by atoms with Gasteiger partial charge >= 0.3 is 6.01 Å². The van der Waals surface area contributed by atoms with Gasteiger partial charge in [-0.15, -0.1) is 0 Å². The molecule has 3 heterocycles. The molecule has 1 aromatic heterocycles. The number of aromatic nitrogens is 2. The summed E-state index contributed by atoms with van der Waals surface area (Å²) in [5.74, 6) is 1.61. The largest absolute Gasteiger partial charge is 0.342 e. The summed E-state index contributed by atoms with van der Waals surface area (Å²) in [5, 5.41) is 4.17. The van der Waals surface area contributed by atoms with Gasteiger partial charge in [0.25, 0.3) is 0 Å². The summed E-state index contributed by atoms with van der Waals surface area (Å²) < 4.78 is 5.53. The Bertz CT molecular complexity index is 799. The number of rotatable bonds is 4. The maximum atomic E-state index is 12.9. The number of anilines is 1. The Morgan fingerprint density at radius 2 is 1.66 bits per heavy atom. The SMILES string of the molecule is CC(C)c1ccc(-c2noc(N3CCC(C(=O)N4CCCCCC4)CC3)n2)cc1. The number of amides is 1. The lowest BCUT2D eigenvalue weighted by atomic mass is 9.95. The van der Waals surface area contributed by atoms with Gasteiger partial charge in [-0.2, -0.15) is 4.98 Å². The molecule has 29 heavy (non-hydrogen) atoms. The summed E-state index contributed by atoms with van der Waals surface area (Å²) in [7, 11) is 0. The van der Waals surface area contributed by atoms with Crippen molar-refractivity contribution in [3.05, 3.63) is 29.8 Å². The number of likely N-dealkylation sites (tertiary alicyclic amines) is 1. The second-order valence-electron chi connectivity index (χ2n) is 8.68.